The fourth-order valence-corrected chi connectivity index (χ4v) is 3.72. The summed E-state index contributed by atoms with van der Waals surface area (Å²) in [5, 5.41) is 5.34. The van der Waals surface area contributed by atoms with Crippen LogP contribution in [-0.4, -0.2) is 37.3 Å². The molecule has 34 heavy (non-hydrogen) atoms. The Morgan fingerprint density at radius 3 is 2.47 bits per heavy atom. The molecule has 2 amide bonds. The smallest absolute Gasteiger partial charge is 0.339 e. The molecule has 0 radical (unpaired) electrons. The Morgan fingerprint density at radius 2 is 1.71 bits per heavy atom. The average Bonchev–Trinajstić information content (AvgIpc) is 2.86. The molecule has 0 fully saturated rings. The first kappa shape index (κ1) is 24.8. The molecule has 9 heteroatoms. The molecule has 0 bridgehead atoms. The van der Waals surface area contributed by atoms with Gasteiger partial charge in [0.2, 0.25) is 5.91 Å². The summed E-state index contributed by atoms with van der Waals surface area (Å²) in [6.45, 7) is -0.171. The highest BCUT2D eigenvalue weighted by Crippen LogP contribution is 2.24. The van der Waals surface area contributed by atoms with E-state index in [0.29, 0.717) is 16.3 Å². The molecule has 0 aromatic heterocycles. The van der Waals surface area contributed by atoms with Gasteiger partial charge >= 0.3 is 5.97 Å². The third-order valence-corrected chi connectivity index (χ3v) is 5.63. The van der Waals surface area contributed by atoms with Crippen LogP contribution in [-0.2, 0) is 20.9 Å². The summed E-state index contributed by atoms with van der Waals surface area (Å²) in [5.74, 6) is -1.11. The van der Waals surface area contributed by atoms with E-state index in [1.807, 2.05) is 12.1 Å². The number of methoxy groups -OCH3 is 1. The predicted molar refractivity (Wildman–Crippen MR) is 127 cm³/mol. The van der Waals surface area contributed by atoms with E-state index in [2.05, 4.69) is 10.6 Å². The van der Waals surface area contributed by atoms with Gasteiger partial charge < -0.3 is 20.1 Å². The second-order valence-corrected chi connectivity index (χ2v) is 8.06. The van der Waals surface area contributed by atoms with Crippen molar-refractivity contribution in [3.8, 4) is 5.75 Å². The van der Waals surface area contributed by atoms with Gasteiger partial charge in [-0.25, -0.2) is 9.18 Å². The zero-order valence-electron chi connectivity index (χ0n) is 18.4. The van der Waals surface area contributed by atoms with Crippen LogP contribution in [0.25, 0.3) is 0 Å². The Hall–Kier alpha value is -3.85. The highest BCUT2D eigenvalue weighted by Gasteiger charge is 2.16. The first-order valence-corrected chi connectivity index (χ1v) is 11.3. The normalized spacial score (nSPS) is 10.3. The first-order valence-electron chi connectivity index (χ1n) is 10.3. The molecular weight excluding hydrogens is 459 g/mol. The lowest BCUT2D eigenvalue weighted by Gasteiger charge is -2.10. The highest BCUT2D eigenvalue weighted by molar-refractivity contribution is 8.00. The molecular formula is C25H23FN2O5S. The fourth-order valence-electron chi connectivity index (χ4n) is 2.88. The van der Waals surface area contributed by atoms with E-state index in [-0.39, 0.29) is 23.8 Å². The van der Waals surface area contributed by atoms with E-state index in [9.17, 15) is 18.8 Å². The number of hydrogen-bond acceptors (Lipinski definition) is 6. The van der Waals surface area contributed by atoms with E-state index >= 15 is 0 Å². The second kappa shape index (κ2) is 12.4. The lowest BCUT2D eigenvalue weighted by molar-refractivity contribution is -0.124. The summed E-state index contributed by atoms with van der Waals surface area (Å²) in [4.78, 5) is 37.4. The Labute approximate surface area is 200 Å². The summed E-state index contributed by atoms with van der Waals surface area (Å²) in [6, 6.07) is 19.3. The maximum absolute atomic E-state index is 13.0. The zero-order valence-corrected chi connectivity index (χ0v) is 19.2. The monoisotopic (exact) mass is 482 g/mol. The minimum atomic E-state index is -0.668. The number of anilines is 1. The van der Waals surface area contributed by atoms with Gasteiger partial charge in [0.05, 0.1) is 18.4 Å². The molecule has 0 heterocycles. The van der Waals surface area contributed by atoms with Crippen molar-refractivity contribution in [3.63, 3.8) is 0 Å². The Bertz CT molecular complexity index is 1150. The van der Waals surface area contributed by atoms with Crippen molar-refractivity contribution in [1.29, 1.82) is 0 Å². The van der Waals surface area contributed by atoms with Gasteiger partial charge in [0.25, 0.3) is 5.91 Å². The number of rotatable bonds is 10. The summed E-state index contributed by atoms with van der Waals surface area (Å²) >= 11 is 1.15. The molecule has 0 saturated heterocycles. The van der Waals surface area contributed by atoms with Crippen LogP contribution in [0.4, 0.5) is 10.1 Å². The van der Waals surface area contributed by atoms with Crippen LogP contribution < -0.4 is 15.4 Å². The van der Waals surface area contributed by atoms with Gasteiger partial charge in [-0.3, -0.25) is 9.59 Å². The lowest BCUT2D eigenvalue weighted by atomic mass is 10.2. The molecule has 3 rings (SSSR count). The number of benzene rings is 3. The van der Waals surface area contributed by atoms with E-state index in [0.717, 1.165) is 17.3 Å². The predicted octanol–water partition coefficient (Wildman–Crippen LogP) is 4.04. The zero-order chi connectivity index (χ0) is 24.3. The van der Waals surface area contributed by atoms with Gasteiger partial charge in [0.15, 0.2) is 6.61 Å². The molecule has 0 atom stereocenters. The van der Waals surface area contributed by atoms with Crippen molar-refractivity contribution in [3.05, 3.63) is 89.7 Å². The van der Waals surface area contributed by atoms with E-state index in [4.69, 9.17) is 9.47 Å². The minimum Gasteiger partial charge on any atom is -0.497 e. The van der Waals surface area contributed by atoms with Crippen LogP contribution in [0.1, 0.15) is 15.9 Å². The minimum absolute atomic E-state index is 0.0305. The van der Waals surface area contributed by atoms with E-state index < -0.39 is 24.3 Å². The second-order valence-electron chi connectivity index (χ2n) is 7.04. The molecule has 3 aromatic carbocycles. The molecule has 0 saturated carbocycles. The largest absolute Gasteiger partial charge is 0.497 e. The van der Waals surface area contributed by atoms with Crippen molar-refractivity contribution in [2.45, 2.75) is 11.4 Å². The van der Waals surface area contributed by atoms with Crippen molar-refractivity contribution in [1.82, 2.24) is 5.32 Å². The number of carbonyl (C=O) groups is 3. The van der Waals surface area contributed by atoms with Gasteiger partial charge in [0.1, 0.15) is 11.6 Å². The number of hydrogen-bond donors (Lipinski definition) is 2. The van der Waals surface area contributed by atoms with E-state index in [1.165, 1.54) is 24.3 Å². The van der Waals surface area contributed by atoms with Gasteiger partial charge in [0, 0.05) is 17.1 Å². The molecule has 176 valence electrons. The maximum Gasteiger partial charge on any atom is 0.339 e. The quantitative estimate of drug-likeness (QED) is 0.335. The summed E-state index contributed by atoms with van der Waals surface area (Å²) in [7, 11) is 1.56. The number of ether oxygens (including phenoxy) is 2. The molecule has 7 nitrogen and oxygen atoms in total. The molecule has 0 spiro atoms. The van der Waals surface area contributed by atoms with Gasteiger partial charge in [-0.15, -0.1) is 11.8 Å². The third kappa shape index (κ3) is 7.63. The van der Waals surface area contributed by atoms with Crippen LogP contribution in [0, 0.1) is 5.82 Å². The van der Waals surface area contributed by atoms with Crippen LogP contribution in [0.3, 0.4) is 0 Å². The molecule has 2 N–H and O–H groups in total. The van der Waals surface area contributed by atoms with Crippen LogP contribution in [0.2, 0.25) is 0 Å². The summed E-state index contributed by atoms with van der Waals surface area (Å²) in [6.07, 6.45) is 0. The Morgan fingerprint density at radius 1 is 0.941 bits per heavy atom. The number of halogens is 1. The highest BCUT2D eigenvalue weighted by atomic mass is 32.2. The van der Waals surface area contributed by atoms with Crippen molar-refractivity contribution >= 4 is 35.2 Å². The number of carbonyl (C=O) groups excluding carboxylic acids is 3. The molecule has 0 unspecified atom stereocenters. The molecule has 0 aliphatic heterocycles. The van der Waals surface area contributed by atoms with Gasteiger partial charge in [-0.1, -0.05) is 24.3 Å². The summed E-state index contributed by atoms with van der Waals surface area (Å²) < 4.78 is 23.3. The molecule has 0 aliphatic carbocycles. The molecule has 0 aliphatic rings. The van der Waals surface area contributed by atoms with Gasteiger partial charge in [-0.2, -0.15) is 0 Å². The van der Waals surface area contributed by atoms with E-state index in [1.54, 1.807) is 43.5 Å². The van der Waals surface area contributed by atoms with Crippen molar-refractivity contribution < 1.29 is 28.2 Å². The maximum atomic E-state index is 13.0. The first-order chi connectivity index (χ1) is 16.4. The van der Waals surface area contributed by atoms with Crippen molar-refractivity contribution in [2.75, 3.05) is 24.8 Å². The van der Waals surface area contributed by atoms with Crippen molar-refractivity contribution in [2.24, 2.45) is 0 Å². The number of esters is 1. The number of thioether (sulfide) groups is 1. The number of nitrogens with one attached hydrogen (secondary N) is 2. The molecule has 3 aromatic rings. The average molecular weight is 483 g/mol. The summed E-state index contributed by atoms with van der Waals surface area (Å²) in [5.41, 5.74) is 1.57. The Kier molecular flexibility index (Phi) is 9.04. The van der Waals surface area contributed by atoms with Gasteiger partial charge in [-0.05, 0) is 54.1 Å². The van der Waals surface area contributed by atoms with Crippen LogP contribution in [0.15, 0.2) is 77.7 Å². The standard InChI is InChI=1S/C25H23FN2O5S/c1-32-20-6-4-5-17(13-20)14-27-23(29)15-33-25(31)21-7-2-3-8-22(21)34-16-24(30)28-19-11-9-18(26)10-12-19/h2-13H,14-16H2,1H3,(H,27,29)(H,28,30). The fraction of sp³-hybridized carbons (Fsp3) is 0.160. The number of amides is 2. The topological polar surface area (TPSA) is 93.7 Å². The van der Waals surface area contributed by atoms with Crippen LogP contribution in [0.5, 0.6) is 5.75 Å². The van der Waals surface area contributed by atoms with Crippen LogP contribution >= 0.6 is 11.8 Å². The lowest BCUT2D eigenvalue weighted by Crippen LogP contribution is -2.28. The SMILES string of the molecule is COc1cccc(CNC(=O)COC(=O)c2ccccc2SCC(=O)Nc2ccc(F)cc2)c1. The third-order valence-electron chi connectivity index (χ3n) is 4.55. The Balaban J connectivity index is 1.48.